The number of hydrogen-bond donors (Lipinski definition) is 1. The van der Waals surface area contributed by atoms with Crippen molar-refractivity contribution < 1.29 is 19.5 Å². The van der Waals surface area contributed by atoms with E-state index in [1.807, 2.05) is 0 Å². The largest absolute Gasteiger partial charge is 0.481 e. The monoisotopic (exact) mass is 264 g/mol. The molecule has 0 aromatic carbocycles. The van der Waals surface area contributed by atoms with E-state index in [1.54, 1.807) is 23.9 Å². The van der Waals surface area contributed by atoms with Gasteiger partial charge in [-0.05, 0) is 19.4 Å². The molecular weight excluding hydrogens is 248 g/mol. The Morgan fingerprint density at radius 1 is 1.37 bits per heavy atom. The van der Waals surface area contributed by atoms with Crippen molar-refractivity contribution in [2.75, 3.05) is 13.1 Å². The Balaban J connectivity index is 2.17. The second-order valence-electron chi connectivity index (χ2n) is 4.86. The molecule has 0 radical (unpaired) electrons. The molecule has 0 spiro atoms. The standard InChI is InChI=1S/C13H16N2O4/c1-8(16)10-5-11(14(2)6-10)12(17)15-4-3-9(7-15)13(18)19/h5-6,9H,3-4,7H2,1-2H3,(H,18,19). The number of Topliss-reactive ketones (excluding diaryl/α,β-unsaturated/α-hetero) is 1. The molecule has 1 amide bonds. The van der Waals surface area contributed by atoms with E-state index in [1.165, 1.54) is 11.8 Å². The van der Waals surface area contributed by atoms with Gasteiger partial charge in [-0.1, -0.05) is 0 Å². The molecule has 102 valence electrons. The summed E-state index contributed by atoms with van der Waals surface area (Å²) in [5.41, 5.74) is 0.899. The summed E-state index contributed by atoms with van der Waals surface area (Å²) in [6, 6.07) is 1.55. The fourth-order valence-electron chi connectivity index (χ4n) is 2.28. The number of nitrogens with zero attached hydrogens (tertiary/aromatic N) is 2. The van der Waals surface area contributed by atoms with Gasteiger partial charge in [0.15, 0.2) is 5.78 Å². The molecule has 0 saturated carbocycles. The number of hydrogen-bond acceptors (Lipinski definition) is 3. The Morgan fingerprint density at radius 2 is 2.05 bits per heavy atom. The highest BCUT2D eigenvalue weighted by Gasteiger charge is 2.32. The van der Waals surface area contributed by atoms with E-state index >= 15 is 0 Å². The molecule has 2 rings (SSSR count). The molecular formula is C13H16N2O4. The van der Waals surface area contributed by atoms with Crippen LogP contribution in [0.25, 0.3) is 0 Å². The summed E-state index contributed by atoms with van der Waals surface area (Å²) in [6.45, 7) is 2.12. The number of carbonyl (C=O) groups is 3. The van der Waals surface area contributed by atoms with Crippen LogP contribution in [0.1, 0.15) is 34.2 Å². The molecule has 1 fully saturated rings. The van der Waals surface area contributed by atoms with Gasteiger partial charge in [-0.2, -0.15) is 0 Å². The zero-order valence-electron chi connectivity index (χ0n) is 10.9. The van der Waals surface area contributed by atoms with Gasteiger partial charge >= 0.3 is 5.97 Å². The maximum absolute atomic E-state index is 12.3. The van der Waals surface area contributed by atoms with Crippen LogP contribution in [-0.2, 0) is 11.8 Å². The number of aromatic nitrogens is 1. The van der Waals surface area contributed by atoms with Crippen LogP contribution >= 0.6 is 0 Å². The fourth-order valence-corrected chi connectivity index (χ4v) is 2.28. The molecule has 1 N–H and O–H groups in total. The number of rotatable bonds is 3. The van der Waals surface area contributed by atoms with Crippen molar-refractivity contribution in [3.63, 3.8) is 0 Å². The quantitative estimate of drug-likeness (QED) is 0.818. The molecule has 6 nitrogen and oxygen atoms in total. The lowest BCUT2D eigenvalue weighted by molar-refractivity contribution is -0.141. The first kappa shape index (κ1) is 13.3. The van der Waals surface area contributed by atoms with Gasteiger partial charge in [0.2, 0.25) is 0 Å². The summed E-state index contributed by atoms with van der Waals surface area (Å²) in [6.07, 6.45) is 2.09. The van der Waals surface area contributed by atoms with Crippen LogP contribution in [0.15, 0.2) is 12.3 Å². The van der Waals surface area contributed by atoms with Gasteiger partial charge in [0.25, 0.3) is 5.91 Å². The highest BCUT2D eigenvalue weighted by atomic mass is 16.4. The second kappa shape index (κ2) is 4.87. The number of carboxylic acids is 1. The van der Waals surface area contributed by atoms with Gasteiger partial charge in [0.05, 0.1) is 5.92 Å². The number of aryl methyl sites for hydroxylation is 1. The molecule has 19 heavy (non-hydrogen) atoms. The van der Waals surface area contributed by atoms with Crippen LogP contribution in [0.3, 0.4) is 0 Å². The summed E-state index contributed by atoms with van der Waals surface area (Å²) < 4.78 is 1.60. The first-order valence-electron chi connectivity index (χ1n) is 6.09. The minimum atomic E-state index is -0.869. The Labute approximate surface area is 110 Å². The predicted octanol–water partition coefficient (Wildman–Crippen LogP) is 0.774. The number of aliphatic carboxylic acids is 1. The van der Waals surface area contributed by atoms with Crippen molar-refractivity contribution >= 4 is 17.7 Å². The third-order valence-electron chi connectivity index (χ3n) is 3.46. The second-order valence-corrected chi connectivity index (χ2v) is 4.86. The highest BCUT2D eigenvalue weighted by Crippen LogP contribution is 2.20. The normalized spacial score (nSPS) is 18.6. The summed E-state index contributed by atoms with van der Waals surface area (Å²) in [5, 5.41) is 8.93. The first-order valence-corrected chi connectivity index (χ1v) is 6.09. The summed E-state index contributed by atoms with van der Waals surface area (Å²) in [5.74, 6) is -1.68. The Bertz CT molecular complexity index is 547. The minimum Gasteiger partial charge on any atom is -0.481 e. The van der Waals surface area contributed by atoms with Crippen molar-refractivity contribution in [3.8, 4) is 0 Å². The number of carbonyl (C=O) groups excluding carboxylic acids is 2. The van der Waals surface area contributed by atoms with Crippen LogP contribution in [0.4, 0.5) is 0 Å². The lowest BCUT2D eigenvalue weighted by atomic mass is 10.1. The van der Waals surface area contributed by atoms with Crippen molar-refractivity contribution in [2.45, 2.75) is 13.3 Å². The van der Waals surface area contributed by atoms with Crippen molar-refractivity contribution in [1.29, 1.82) is 0 Å². The lowest BCUT2D eigenvalue weighted by Gasteiger charge is -2.15. The smallest absolute Gasteiger partial charge is 0.308 e. The predicted molar refractivity (Wildman–Crippen MR) is 67.1 cm³/mol. The molecule has 1 unspecified atom stereocenters. The topological polar surface area (TPSA) is 79.6 Å². The number of likely N-dealkylation sites (tertiary alicyclic amines) is 1. The molecule has 1 saturated heterocycles. The lowest BCUT2D eigenvalue weighted by Crippen LogP contribution is -2.31. The third kappa shape index (κ3) is 2.52. The van der Waals surface area contributed by atoms with Crippen LogP contribution in [0.2, 0.25) is 0 Å². The average Bonchev–Trinajstić information content (AvgIpc) is 2.94. The maximum Gasteiger partial charge on any atom is 0.308 e. The van der Waals surface area contributed by atoms with E-state index < -0.39 is 11.9 Å². The Kier molecular flexibility index (Phi) is 3.42. The van der Waals surface area contributed by atoms with Gasteiger partial charge in [-0.3, -0.25) is 14.4 Å². The van der Waals surface area contributed by atoms with Gasteiger partial charge in [0, 0.05) is 31.9 Å². The highest BCUT2D eigenvalue weighted by molar-refractivity contribution is 5.99. The van der Waals surface area contributed by atoms with E-state index in [2.05, 4.69) is 0 Å². The average molecular weight is 264 g/mol. The van der Waals surface area contributed by atoms with Crippen LogP contribution in [0.5, 0.6) is 0 Å². The molecule has 6 heteroatoms. The summed E-state index contributed by atoms with van der Waals surface area (Å²) in [4.78, 5) is 36.0. The maximum atomic E-state index is 12.3. The van der Waals surface area contributed by atoms with E-state index in [9.17, 15) is 14.4 Å². The number of carboxylic acid groups (broad SMARTS) is 1. The van der Waals surface area contributed by atoms with Gasteiger partial charge < -0.3 is 14.6 Å². The van der Waals surface area contributed by atoms with Crippen molar-refractivity contribution in [3.05, 3.63) is 23.5 Å². The van der Waals surface area contributed by atoms with Crippen LogP contribution < -0.4 is 0 Å². The Hall–Kier alpha value is -2.11. The van der Waals surface area contributed by atoms with E-state index in [4.69, 9.17) is 5.11 Å². The fraction of sp³-hybridized carbons (Fsp3) is 0.462. The van der Waals surface area contributed by atoms with Crippen LogP contribution in [0, 0.1) is 5.92 Å². The molecule has 1 atom stereocenters. The first-order chi connectivity index (χ1) is 8.90. The number of ketones is 1. The van der Waals surface area contributed by atoms with Gasteiger partial charge in [-0.15, -0.1) is 0 Å². The van der Waals surface area contributed by atoms with E-state index in [0.29, 0.717) is 24.2 Å². The van der Waals surface area contributed by atoms with Gasteiger partial charge in [-0.25, -0.2) is 0 Å². The summed E-state index contributed by atoms with van der Waals surface area (Å²) in [7, 11) is 1.70. The SMILES string of the molecule is CC(=O)c1cc(C(=O)N2CCC(C(=O)O)C2)n(C)c1. The zero-order valence-corrected chi connectivity index (χ0v) is 10.9. The molecule has 1 aliphatic heterocycles. The van der Waals surface area contributed by atoms with Crippen molar-refractivity contribution in [2.24, 2.45) is 13.0 Å². The molecule has 2 heterocycles. The van der Waals surface area contributed by atoms with Gasteiger partial charge in [0.1, 0.15) is 5.69 Å². The van der Waals surface area contributed by atoms with Crippen molar-refractivity contribution in [1.82, 2.24) is 9.47 Å². The van der Waals surface area contributed by atoms with Crippen LogP contribution in [-0.4, -0.2) is 45.3 Å². The number of amides is 1. The van der Waals surface area contributed by atoms with E-state index in [-0.39, 0.29) is 18.2 Å². The zero-order chi connectivity index (χ0) is 14.2. The Morgan fingerprint density at radius 3 is 2.53 bits per heavy atom. The molecule has 1 aromatic rings. The third-order valence-corrected chi connectivity index (χ3v) is 3.46. The summed E-state index contributed by atoms with van der Waals surface area (Å²) >= 11 is 0. The molecule has 0 aliphatic carbocycles. The molecule has 1 aliphatic rings. The molecule has 0 bridgehead atoms. The minimum absolute atomic E-state index is 0.0977. The van der Waals surface area contributed by atoms with E-state index in [0.717, 1.165) is 0 Å². The molecule has 1 aromatic heterocycles.